The number of amides is 1. The van der Waals surface area contributed by atoms with Gasteiger partial charge in [-0.15, -0.1) is 0 Å². The van der Waals surface area contributed by atoms with E-state index in [2.05, 4.69) is 9.71 Å². The van der Waals surface area contributed by atoms with Gasteiger partial charge in [0.1, 0.15) is 11.9 Å². The lowest BCUT2D eigenvalue weighted by Gasteiger charge is -2.36. The number of carbonyl (C=O) groups excluding carboxylic acids is 1. The molecule has 2 heterocycles. The molecule has 0 aliphatic carbocycles. The van der Waals surface area contributed by atoms with Gasteiger partial charge in [-0.05, 0) is 19.1 Å². The molecule has 0 spiro atoms. The molecule has 0 unspecified atom stereocenters. The first-order chi connectivity index (χ1) is 14.1. The monoisotopic (exact) mass is 457 g/mol. The lowest BCUT2D eigenvalue weighted by molar-refractivity contribution is -0.133. The number of nitrogens with zero attached hydrogens (tertiary/aromatic N) is 4. The Labute approximate surface area is 177 Å². The van der Waals surface area contributed by atoms with Crippen molar-refractivity contribution >= 4 is 32.0 Å². The number of sulfonamides is 1. The van der Waals surface area contributed by atoms with Crippen LogP contribution in [-0.4, -0.2) is 87.4 Å². The average Bonchev–Trinajstić information content (AvgIpc) is 2.98. The maximum absolute atomic E-state index is 12.8. The van der Waals surface area contributed by atoms with E-state index in [-0.39, 0.29) is 42.8 Å². The van der Waals surface area contributed by atoms with Gasteiger partial charge in [0.15, 0.2) is 0 Å². The van der Waals surface area contributed by atoms with Crippen LogP contribution in [0.5, 0.6) is 0 Å². The molecule has 1 fully saturated rings. The summed E-state index contributed by atoms with van der Waals surface area (Å²) in [5.74, 6) is -0.125. The van der Waals surface area contributed by atoms with Crippen LogP contribution in [0, 0.1) is 0 Å². The highest BCUT2D eigenvalue weighted by molar-refractivity contribution is 7.90. The smallest absolute Gasteiger partial charge is 0.282 e. The van der Waals surface area contributed by atoms with Gasteiger partial charge in [0.05, 0.1) is 4.90 Å². The number of piperazine rings is 1. The van der Waals surface area contributed by atoms with Crippen molar-refractivity contribution < 1.29 is 21.6 Å². The van der Waals surface area contributed by atoms with Gasteiger partial charge in [-0.2, -0.15) is 17.0 Å². The number of carbonyl (C=O) groups is 1. The molecule has 10 nitrogen and oxygen atoms in total. The summed E-state index contributed by atoms with van der Waals surface area (Å²) in [5.41, 5.74) is 0.437. The fourth-order valence-corrected chi connectivity index (χ4v) is 6.44. The number of benzene rings is 1. The SMILES string of the molecule is CCN(CC)S(=O)(=O)N1CCN(C(=O)[C@H](C)N=C2NS(=O)(=O)c3ccccc32)CC1. The fraction of sp³-hybridized carbons (Fsp3) is 0.556. The Balaban J connectivity index is 1.69. The summed E-state index contributed by atoms with van der Waals surface area (Å²) in [6, 6.07) is 5.65. The predicted molar refractivity (Wildman–Crippen MR) is 113 cm³/mol. The lowest BCUT2D eigenvalue weighted by atomic mass is 10.2. The van der Waals surface area contributed by atoms with Crippen molar-refractivity contribution in [2.45, 2.75) is 31.7 Å². The highest BCUT2D eigenvalue weighted by Crippen LogP contribution is 2.23. The van der Waals surface area contributed by atoms with Crippen molar-refractivity contribution in [3.8, 4) is 0 Å². The van der Waals surface area contributed by atoms with Gasteiger partial charge < -0.3 is 4.90 Å². The summed E-state index contributed by atoms with van der Waals surface area (Å²) in [5, 5.41) is 0. The van der Waals surface area contributed by atoms with Crippen LogP contribution in [0.15, 0.2) is 34.2 Å². The van der Waals surface area contributed by atoms with E-state index in [4.69, 9.17) is 0 Å². The van der Waals surface area contributed by atoms with Gasteiger partial charge in [0, 0.05) is 44.8 Å². The predicted octanol–water partition coefficient (Wildman–Crippen LogP) is -0.156. The van der Waals surface area contributed by atoms with E-state index in [9.17, 15) is 21.6 Å². The molecule has 1 N–H and O–H groups in total. The van der Waals surface area contributed by atoms with Crippen molar-refractivity contribution in [3.05, 3.63) is 29.8 Å². The first-order valence-corrected chi connectivity index (χ1v) is 12.7. The largest absolute Gasteiger partial charge is 0.338 e. The first-order valence-electron chi connectivity index (χ1n) is 9.85. The summed E-state index contributed by atoms with van der Waals surface area (Å²) in [4.78, 5) is 18.8. The molecule has 0 aromatic heterocycles. The standard InChI is InChI=1S/C18H27N5O5S2/c1-4-22(5-2)30(27,28)23-12-10-21(11-13-23)18(24)14(3)19-17-15-8-6-7-9-16(15)29(25,26)20-17/h6-9,14H,4-5,10-13H2,1-3H3,(H,19,20)/t14-/m0/s1. The van der Waals surface area contributed by atoms with Gasteiger partial charge >= 0.3 is 0 Å². The first kappa shape index (κ1) is 22.7. The second-order valence-electron chi connectivity index (χ2n) is 7.07. The molecule has 1 aromatic carbocycles. The summed E-state index contributed by atoms with van der Waals surface area (Å²) in [6.07, 6.45) is 0. The van der Waals surface area contributed by atoms with Crippen molar-refractivity contribution in [2.75, 3.05) is 39.3 Å². The highest BCUT2D eigenvalue weighted by Gasteiger charge is 2.34. The number of rotatable bonds is 6. The van der Waals surface area contributed by atoms with Crippen LogP contribution in [0.4, 0.5) is 0 Å². The molecule has 0 saturated carbocycles. The van der Waals surface area contributed by atoms with Crippen LogP contribution < -0.4 is 4.72 Å². The maximum Gasteiger partial charge on any atom is 0.282 e. The molecule has 12 heteroatoms. The number of amidine groups is 1. The molecule has 1 atom stereocenters. The average molecular weight is 458 g/mol. The van der Waals surface area contributed by atoms with Gasteiger partial charge in [0.25, 0.3) is 20.2 Å². The van der Waals surface area contributed by atoms with E-state index in [0.717, 1.165) is 0 Å². The third-order valence-corrected chi connectivity index (χ3v) is 8.83. The minimum absolute atomic E-state index is 0.138. The molecule has 1 aromatic rings. The molecule has 166 valence electrons. The maximum atomic E-state index is 12.8. The van der Waals surface area contributed by atoms with E-state index in [1.54, 1.807) is 43.9 Å². The summed E-state index contributed by atoms with van der Waals surface area (Å²) < 4.78 is 54.8. The van der Waals surface area contributed by atoms with Crippen molar-refractivity contribution in [2.24, 2.45) is 4.99 Å². The minimum atomic E-state index is -3.67. The third kappa shape index (κ3) is 4.22. The van der Waals surface area contributed by atoms with Crippen LogP contribution in [0.25, 0.3) is 0 Å². The third-order valence-electron chi connectivity index (χ3n) is 5.25. The molecular formula is C18H27N5O5S2. The minimum Gasteiger partial charge on any atom is -0.338 e. The topological polar surface area (TPSA) is 119 Å². The van der Waals surface area contributed by atoms with E-state index in [1.807, 2.05) is 0 Å². The zero-order valence-corrected chi connectivity index (χ0v) is 18.9. The van der Waals surface area contributed by atoms with Crippen LogP contribution in [0.1, 0.15) is 26.3 Å². The highest BCUT2D eigenvalue weighted by atomic mass is 32.2. The summed E-state index contributed by atoms with van der Waals surface area (Å²) in [6.45, 7) is 6.91. The summed E-state index contributed by atoms with van der Waals surface area (Å²) in [7, 11) is -7.21. The molecular weight excluding hydrogens is 430 g/mol. The van der Waals surface area contributed by atoms with Crippen molar-refractivity contribution in [3.63, 3.8) is 0 Å². The molecule has 2 aliphatic rings. The number of aliphatic imine (C=N–C) groups is 1. The normalized spacial score (nSPS) is 21.5. The van der Waals surface area contributed by atoms with Gasteiger partial charge in [0.2, 0.25) is 5.91 Å². The summed E-state index contributed by atoms with van der Waals surface area (Å²) >= 11 is 0. The number of fused-ring (bicyclic) bond motifs is 1. The Morgan fingerprint density at radius 2 is 1.77 bits per heavy atom. The van der Waals surface area contributed by atoms with Gasteiger partial charge in [-0.3, -0.25) is 14.5 Å². The van der Waals surface area contributed by atoms with E-state index < -0.39 is 26.3 Å². The molecule has 0 bridgehead atoms. The molecule has 1 amide bonds. The Kier molecular flexibility index (Phi) is 6.51. The van der Waals surface area contributed by atoms with E-state index in [1.165, 1.54) is 14.7 Å². The Bertz CT molecular complexity index is 1040. The van der Waals surface area contributed by atoms with Crippen LogP contribution in [0.3, 0.4) is 0 Å². The van der Waals surface area contributed by atoms with Gasteiger partial charge in [-0.1, -0.05) is 26.0 Å². The van der Waals surface area contributed by atoms with Crippen molar-refractivity contribution in [1.29, 1.82) is 0 Å². The fourth-order valence-electron chi connectivity index (χ4n) is 3.60. The quantitative estimate of drug-likeness (QED) is 0.637. The van der Waals surface area contributed by atoms with Crippen LogP contribution in [0.2, 0.25) is 0 Å². The second kappa shape index (κ2) is 8.61. The van der Waals surface area contributed by atoms with E-state index >= 15 is 0 Å². The molecule has 3 rings (SSSR count). The Hall–Kier alpha value is -2.02. The van der Waals surface area contributed by atoms with Gasteiger partial charge in [-0.25, -0.2) is 8.42 Å². The second-order valence-corrected chi connectivity index (χ2v) is 10.7. The van der Waals surface area contributed by atoms with Crippen LogP contribution in [-0.2, 0) is 25.0 Å². The van der Waals surface area contributed by atoms with E-state index in [0.29, 0.717) is 18.7 Å². The zero-order valence-electron chi connectivity index (χ0n) is 17.3. The lowest BCUT2D eigenvalue weighted by Crippen LogP contribution is -2.55. The molecule has 0 radical (unpaired) electrons. The Morgan fingerprint density at radius 1 is 1.17 bits per heavy atom. The number of hydrogen-bond donors (Lipinski definition) is 1. The Morgan fingerprint density at radius 3 is 2.37 bits per heavy atom. The zero-order chi connectivity index (χ0) is 22.1. The van der Waals surface area contributed by atoms with Crippen molar-refractivity contribution in [1.82, 2.24) is 18.2 Å². The molecule has 2 aliphatic heterocycles. The van der Waals surface area contributed by atoms with Crippen LogP contribution >= 0.6 is 0 Å². The number of nitrogens with one attached hydrogen (secondary N) is 1. The molecule has 1 saturated heterocycles. The number of hydrogen-bond acceptors (Lipinski definition) is 6. The molecule has 30 heavy (non-hydrogen) atoms.